The summed E-state index contributed by atoms with van der Waals surface area (Å²) in [7, 11) is -1.35. The minimum Gasteiger partial charge on any atom is -0.487 e. The quantitative estimate of drug-likeness (QED) is 0.836. The molecule has 5 nitrogen and oxygen atoms in total. The van der Waals surface area contributed by atoms with Crippen LogP contribution in [0.4, 0.5) is 0 Å². The Balaban J connectivity index is 2.13. The van der Waals surface area contributed by atoms with Gasteiger partial charge in [0.25, 0.3) is 0 Å². The van der Waals surface area contributed by atoms with Gasteiger partial charge < -0.3 is 15.2 Å². The highest BCUT2D eigenvalue weighted by molar-refractivity contribution is 9.10. The van der Waals surface area contributed by atoms with Gasteiger partial charge >= 0.3 is 0 Å². The highest BCUT2D eigenvalue weighted by atomic mass is 79.9. The molecule has 0 spiro atoms. The van der Waals surface area contributed by atoms with Gasteiger partial charge in [-0.3, -0.25) is 0 Å². The van der Waals surface area contributed by atoms with Crippen LogP contribution < -0.4 is 10.1 Å². The van der Waals surface area contributed by atoms with E-state index in [1.54, 1.807) is 6.07 Å². The smallest absolute Gasteiger partial charge is 0.156 e. The third-order valence-corrected chi connectivity index (χ3v) is 5.40. The van der Waals surface area contributed by atoms with E-state index in [0.29, 0.717) is 12.3 Å². The molecular weight excluding hydrogens is 334 g/mol. The van der Waals surface area contributed by atoms with Gasteiger partial charge in [0.1, 0.15) is 18.0 Å². The number of rotatable bonds is 4. The predicted octanol–water partition coefficient (Wildman–Crippen LogP) is 0.705. The summed E-state index contributed by atoms with van der Waals surface area (Å²) in [5.41, 5.74) is 1.01. The molecule has 1 aromatic rings. The normalized spacial score (nSPS) is 25.4. The zero-order valence-corrected chi connectivity index (χ0v) is 12.9. The van der Waals surface area contributed by atoms with Crippen LogP contribution in [0.2, 0.25) is 0 Å². The van der Waals surface area contributed by atoms with Crippen LogP contribution in [-0.4, -0.2) is 44.3 Å². The van der Waals surface area contributed by atoms with Gasteiger partial charge in [-0.25, -0.2) is 8.42 Å². The zero-order chi connectivity index (χ0) is 14.0. The van der Waals surface area contributed by atoms with Crippen molar-refractivity contribution in [1.82, 2.24) is 5.32 Å². The summed E-state index contributed by atoms with van der Waals surface area (Å²) in [6, 6.07) is 5.43. The van der Waals surface area contributed by atoms with E-state index in [-0.39, 0.29) is 11.5 Å². The Hall–Kier alpha value is -0.630. The van der Waals surface area contributed by atoms with E-state index < -0.39 is 22.0 Å². The number of aliphatic hydroxyl groups is 1. The average Bonchev–Trinajstić information content (AvgIpc) is 2.57. The van der Waals surface area contributed by atoms with Crippen LogP contribution in [0.25, 0.3) is 0 Å². The minimum atomic E-state index is -3.19. The fourth-order valence-electron chi connectivity index (χ4n) is 2.03. The highest BCUT2D eigenvalue weighted by Gasteiger charge is 2.38. The van der Waals surface area contributed by atoms with E-state index in [1.807, 2.05) is 19.2 Å². The van der Waals surface area contributed by atoms with Gasteiger partial charge in [-0.05, 0) is 30.8 Å². The van der Waals surface area contributed by atoms with Crippen LogP contribution in [0, 0.1) is 0 Å². The Morgan fingerprint density at radius 3 is 2.79 bits per heavy atom. The monoisotopic (exact) mass is 349 g/mol. The summed E-state index contributed by atoms with van der Waals surface area (Å²) < 4.78 is 29.4. The van der Waals surface area contributed by atoms with Gasteiger partial charge in [-0.2, -0.15) is 0 Å². The molecule has 0 aliphatic carbocycles. The summed E-state index contributed by atoms with van der Waals surface area (Å²) in [5, 5.41) is 12.7. The number of sulfone groups is 1. The lowest BCUT2D eigenvalue weighted by Gasteiger charge is -2.16. The molecule has 2 unspecified atom stereocenters. The molecule has 1 aliphatic heterocycles. The van der Waals surface area contributed by atoms with Crippen molar-refractivity contribution in [2.24, 2.45) is 0 Å². The van der Waals surface area contributed by atoms with Gasteiger partial charge in [-0.1, -0.05) is 15.9 Å². The standard InChI is InChI=1S/C12H16BrNO4S/c1-14-5-8-4-9(2-3-10(8)13)18-12-7-19(16,17)6-11(12)15/h2-4,11-12,14-15H,5-7H2,1H3. The number of hydrogen-bond acceptors (Lipinski definition) is 5. The summed E-state index contributed by atoms with van der Waals surface area (Å²) in [4.78, 5) is 0. The van der Waals surface area contributed by atoms with E-state index in [2.05, 4.69) is 21.2 Å². The molecule has 0 amide bonds. The highest BCUT2D eigenvalue weighted by Crippen LogP contribution is 2.25. The van der Waals surface area contributed by atoms with E-state index in [9.17, 15) is 13.5 Å². The number of halogens is 1. The summed E-state index contributed by atoms with van der Waals surface area (Å²) in [6.45, 7) is 0.670. The average molecular weight is 350 g/mol. The van der Waals surface area contributed by atoms with Crippen LogP contribution in [0.1, 0.15) is 5.56 Å². The molecule has 2 rings (SSSR count). The van der Waals surface area contributed by atoms with E-state index >= 15 is 0 Å². The molecule has 106 valence electrons. The number of nitrogens with one attached hydrogen (secondary N) is 1. The number of aliphatic hydroxyl groups excluding tert-OH is 1. The Bertz CT molecular complexity index is 561. The first-order valence-electron chi connectivity index (χ1n) is 5.89. The van der Waals surface area contributed by atoms with Crippen LogP contribution in [0.5, 0.6) is 5.75 Å². The maximum Gasteiger partial charge on any atom is 0.156 e. The number of ether oxygens (including phenoxy) is 1. The largest absolute Gasteiger partial charge is 0.487 e. The second kappa shape index (κ2) is 5.78. The molecule has 1 heterocycles. The molecule has 2 atom stereocenters. The molecule has 1 aliphatic rings. The Kier molecular flexibility index (Phi) is 4.50. The molecule has 19 heavy (non-hydrogen) atoms. The van der Waals surface area contributed by atoms with Gasteiger partial charge in [-0.15, -0.1) is 0 Å². The van der Waals surface area contributed by atoms with Crippen LogP contribution in [0.15, 0.2) is 22.7 Å². The summed E-state index contributed by atoms with van der Waals surface area (Å²) >= 11 is 3.43. The molecular formula is C12H16BrNO4S. The maximum absolute atomic E-state index is 11.4. The lowest BCUT2D eigenvalue weighted by atomic mass is 10.2. The van der Waals surface area contributed by atoms with Gasteiger partial charge in [0, 0.05) is 11.0 Å². The zero-order valence-electron chi connectivity index (χ0n) is 10.5. The molecule has 0 aromatic heterocycles. The molecule has 7 heteroatoms. The van der Waals surface area contributed by atoms with E-state index in [1.165, 1.54) is 0 Å². The minimum absolute atomic E-state index is 0.133. The SMILES string of the molecule is CNCc1cc(OC2CS(=O)(=O)CC2O)ccc1Br. The fourth-order valence-corrected chi connectivity index (χ4v) is 4.08. The lowest BCUT2D eigenvalue weighted by Crippen LogP contribution is -2.29. The number of hydrogen-bond donors (Lipinski definition) is 2. The van der Waals surface area contributed by atoms with Crippen molar-refractivity contribution in [3.8, 4) is 5.75 Å². The van der Waals surface area contributed by atoms with Crippen molar-refractivity contribution in [1.29, 1.82) is 0 Å². The van der Waals surface area contributed by atoms with Crippen LogP contribution in [-0.2, 0) is 16.4 Å². The van der Waals surface area contributed by atoms with Gasteiger partial charge in [0.15, 0.2) is 9.84 Å². The molecule has 1 aromatic carbocycles. The van der Waals surface area contributed by atoms with Crippen LogP contribution >= 0.6 is 15.9 Å². The number of benzene rings is 1. The topological polar surface area (TPSA) is 75.6 Å². The Labute approximate surface area is 121 Å². The van der Waals surface area contributed by atoms with Crippen LogP contribution in [0.3, 0.4) is 0 Å². The molecule has 1 saturated heterocycles. The predicted molar refractivity (Wildman–Crippen MR) is 76.0 cm³/mol. The lowest BCUT2D eigenvalue weighted by molar-refractivity contribution is 0.0737. The van der Waals surface area contributed by atoms with Crippen molar-refractivity contribution in [3.63, 3.8) is 0 Å². The summed E-state index contributed by atoms with van der Waals surface area (Å²) in [5.74, 6) is 0.206. The first-order valence-corrected chi connectivity index (χ1v) is 8.51. The van der Waals surface area contributed by atoms with Gasteiger partial charge in [0.2, 0.25) is 0 Å². The first kappa shape index (κ1) is 14.8. The summed E-state index contributed by atoms with van der Waals surface area (Å²) in [6.07, 6.45) is -1.64. The van der Waals surface area contributed by atoms with Crippen molar-refractivity contribution in [2.45, 2.75) is 18.8 Å². The van der Waals surface area contributed by atoms with E-state index in [4.69, 9.17) is 4.74 Å². The second-order valence-electron chi connectivity index (χ2n) is 4.58. The van der Waals surface area contributed by atoms with Gasteiger partial charge in [0.05, 0.1) is 11.5 Å². The molecule has 0 saturated carbocycles. The molecule has 1 fully saturated rings. The van der Waals surface area contributed by atoms with E-state index in [0.717, 1.165) is 10.0 Å². The van der Waals surface area contributed by atoms with Crippen molar-refractivity contribution >= 4 is 25.8 Å². The Morgan fingerprint density at radius 2 is 2.21 bits per heavy atom. The van der Waals surface area contributed by atoms with Crippen molar-refractivity contribution < 1.29 is 18.3 Å². The third-order valence-electron chi connectivity index (χ3n) is 2.94. The second-order valence-corrected chi connectivity index (χ2v) is 7.59. The Morgan fingerprint density at radius 1 is 1.47 bits per heavy atom. The van der Waals surface area contributed by atoms with Crippen molar-refractivity contribution in [2.75, 3.05) is 18.6 Å². The molecule has 0 radical (unpaired) electrons. The molecule has 2 N–H and O–H groups in total. The fraction of sp³-hybridized carbons (Fsp3) is 0.500. The molecule has 0 bridgehead atoms. The first-order chi connectivity index (χ1) is 8.91. The third kappa shape index (κ3) is 3.68. The van der Waals surface area contributed by atoms with Crippen molar-refractivity contribution in [3.05, 3.63) is 28.2 Å². The maximum atomic E-state index is 11.4.